The number of nitrogens with one attached hydrogen (secondary N) is 1. The molecule has 2 aromatic rings. The number of benzene rings is 1. The largest absolute Gasteiger partial charge is 0.399 e. The molecule has 0 atom stereocenters. The number of imidazole rings is 1. The van der Waals surface area contributed by atoms with E-state index in [-0.39, 0.29) is 4.77 Å². The summed E-state index contributed by atoms with van der Waals surface area (Å²) in [6.07, 6.45) is 0. The molecular weight excluding hydrogens is 188 g/mol. The summed E-state index contributed by atoms with van der Waals surface area (Å²) in [7, 11) is 0. The molecule has 0 fully saturated rings. The lowest BCUT2D eigenvalue weighted by molar-refractivity contribution is 0.878. The fraction of sp³-hybridized carbons (Fsp3) is 0. The van der Waals surface area contributed by atoms with Crippen LogP contribution in [0.5, 0.6) is 0 Å². The maximum Gasteiger partial charge on any atom is 0.202 e. The number of fused-ring (bicyclic) bond motifs is 1. The van der Waals surface area contributed by atoms with Gasteiger partial charge >= 0.3 is 0 Å². The van der Waals surface area contributed by atoms with E-state index in [0.717, 1.165) is 10.2 Å². The molecule has 1 aromatic carbocycles. The molecular formula is C7H6N4OS. The highest BCUT2D eigenvalue weighted by Gasteiger charge is 2.03. The minimum absolute atomic E-state index is 0.274. The Hall–Kier alpha value is -1.69. The van der Waals surface area contributed by atoms with E-state index in [0.29, 0.717) is 11.2 Å². The van der Waals surface area contributed by atoms with Gasteiger partial charge in [0.15, 0.2) is 0 Å². The number of rotatable bonds is 1. The second-order valence-electron chi connectivity index (χ2n) is 2.60. The van der Waals surface area contributed by atoms with Crippen LogP contribution in [0.1, 0.15) is 0 Å². The first-order chi connectivity index (χ1) is 6.22. The number of nitroso groups, excluding NO2 is 1. The highest BCUT2D eigenvalue weighted by atomic mass is 32.1. The third kappa shape index (κ3) is 1.11. The van der Waals surface area contributed by atoms with Crippen molar-refractivity contribution in [1.29, 1.82) is 0 Å². The SMILES string of the molecule is Nc1ccc2[nH]c(=S)n(N=O)c2c1. The summed E-state index contributed by atoms with van der Waals surface area (Å²) in [5.74, 6) is 0. The van der Waals surface area contributed by atoms with Gasteiger partial charge in [0.2, 0.25) is 4.77 Å². The van der Waals surface area contributed by atoms with Crippen molar-refractivity contribution in [2.75, 3.05) is 5.73 Å². The number of anilines is 1. The zero-order valence-corrected chi connectivity index (χ0v) is 7.34. The van der Waals surface area contributed by atoms with Gasteiger partial charge in [0.1, 0.15) is 0 Å². The summed E-state index contributed by atoms with van der Waals surface area (Å²) in [5.41, 5.74) is 7.47. The Bertz CT molecular complexity index is 527. The molecule has 0 spiro atoms. The van der Waals surface area contributed by atoms with Crippen molar-refractivity contribution >= 4 is 28.9 Å². The molecule has 3 N–H and O–H groups in total. The Balaban J connectivity index is 2.96. The monoisotopic (exact) mass is 194 g/mol. The number of aromatic amines is 1. The van der Waals surface area contributed by atoms with Gasteiger partial charge in [-0.25, -0.2) is 0 Å². The Morgan fingerprint density at radius 3 is 3.00 bits per heavy atom. The molecule has 0 unspecified atom stereocenters. The van der Waals surface area contributed by atoms with E-state index in [1.807, 2.05) is 0 Å². The van der Waals surface area contributed by atoms with E-state index in [2.05, 4.69) is 10.3 Å². The summed E-state index contributed by atoms with van der Waals surface area (Å²) < 4.78 is 1.37. The smallest absolute Gasteiger partial charge is 0.202 e. The topological polar surface area (TPSA) is 76.2 Å². The van der Waals surface area contributed by atoms with Gasteiger partial charge in [0.05, 0.1) is 16.3 Å². The van der Waals surface area contributed by atoms with Crippen molar-refractivity contribution in [3.8, 4) is 0 Å². The van der Waals surface area contributed by atoms with Crippen molar-refractivity contribution in [3.05, 3.63) is 27.9 Å². The summed E-state index contributed by atoms with van der Waals surface area (Å²) in [6.45, 7) is 0. The van der Waals surface area contributed by atoms with Crippen molar-refractivity contribution < 1.29 is 0 Å². The lowest BCUT2D eigenvalue weighted by Crippen LogP contribution is -1.87. The molecule has 0 saturated heterocycles. The first-order valence-corrected chi connectivity index (χ1v) is 3.97. The Morgan fingerprint density at radius 1 is 1.54 bits per heavy atom. The lowest BCUT2D eigenvalue weighted by Gasteiger charge is -1.93. The first-order valence-electron chi connectivity index (χ1n) is 3.56. The van der Waals surface area contributed by atoms with Gasteiger partial charge in [-0.1, -0.05) is 0 Å². The zero-order chi connectivity index (χ0) is 9.42. The quantitative estimate of drug-likeness (QED) is 0.413. The molecule has 0 aliphatic rings. The molecule has 0 amide bonds. The highest BCUT2D eigenvalue weighted by molar-refractivity contribution is 7.71. The van der Waals surface area contributed by atoms with Gasteiger partial charge in [-0.2, -0.15) is 4.68 Å². The average molecular weight is 194 g/mol. The molecule has 0 bridgehead atoms. The minimum atomic E-state index is 0.274. The van der Waals surface area contributed by atoms with Crippen LogP contribution in [0.2, 0.25) is 0 Å². The van der Waals surface area contributed by atoms with Crippen molar-refractivity contribution in [1.82, 2.24) is 9.66 Å². The summed E-state index contributed by atoms with van der Waals surface area (Å²) in [5, 5.41) is 2.78. The van der Waals surface area contributed by atoms with Crippen LogP contribution in [0.4, 0.5) is 5.69 Å². The van der Waals surface area contributed by atoms with Crippen molar-refractivity contribution in [3.63, 3.8) is 0 Å². The number of hydrogen-bond donors (Lipinski definition) is 2. The number of nitrogens with two attached hydrogens (primary N) is 1. The lowest BCUT2D eigenvalue weighted by atomic mass is 10.3. The molecule has 66 valence electrons. The van der Waals surface area contributed by atoms with Gasteiger partial charge in [-0.3, -0.25) is 0 Å². The van der Waals surface area contributed by atoms with Crippen LogP contribution in [-0.2, 0) is 0 Å². The van der Waals surface area contributed by atoms with Crippen LogP contribution < -0.4 is 5.73 Å². The summed E-state index contributed by atoms with van der Waals surface area (Å²) >= 11 is 4.87. The Labute approximate surface area is 78.1 Å². The fourth-order valence-corrected chi connectivity index (χ4v) is 1.43. The van der Waals surface area contributed by atoms with E-state index >= 15 is 0 Å². The Kier molecular flexibility index (Phi) is 1.63. The highest BCUT2D eigenvalue weighted by Crippen LogP contribution is 2.16. The average Bonchev–Trinajstić information content (AvgIpc) is 2.40. The second kappa shape index (κ2) is 2.67. The molecule has 0 aliphatic heterocycles. The van der Waals surface area contributed by atoms with Crippen LogP contribution >= 0.6 is 12.2 Å². The molecule has 0 saturated carbocycles. The van der Waals surface area contributed by atoms with Crippen molar-refractivity contribution in [2.45, 2.75) is 0 Å². The van der Waals surface area contributed by atoms with Crippen LogP contribution in [0, 0.1) is 9.68 Å². The standard InChI is InChI=1S/C7H6N4OS/c8-4-1-2-5-6(3-4)11(10-12)7(13)9-5/h1-3H,8H2,(H,9,13). The molecule has 0 aliphatic carbocycles. The number of nitrogens with zero attached hydrogens (tertiary/aromatic N) is 2. The van der Waals surface area contributed by atoms with Crippen LogP contribution in [-0.4, -0.2) is 9.66 Å². The van der Waals surface area contributed by atoms with Gasteiger partial charge < -0.3 is 10.7 Å². The van der Waals surface area contributed by atoms with Crippen molar-refractivity contribution in [2.24, 2.45) is 5.29 Å². The van der Waals surface area contributed by atoms with Crippen LogP contribution in [0.3, 0.4) is 0 Å². The summed E-state index contributed by atoms with van der Waals surface area (Å²) in [4.78, 5) is 13.2. The summed E-state index contributed by atoms with van der Waals surface area (Å²) in [6, 6.07) is 5.12. The third-order valence-electron chi connectivity index (χ3n) is 1.77. The van der Waals surface area contributed by atoms with E-state index in [1.54, 1.807) is 18.2 Å². The zero-order valence-electron chi connectivity index (χ0n) is 6.52. The minimum Gasteiger partial charge on any atom is -0.399 e. The maximum atomic E-state index is 10.4. The molecule has 1 heterocycles. The van der Waals surface area contributed by atoms with Crippen LogP contribution in [0.25, 0.3) is 11.0 Å². The van der Waals surface area contributed by atoms with Crippen LogP contribution in [0.15, 0.2) is 23.5 Å². The fourth-order valence-electron chi connectivity index (χ4n) is 1.19. The maximum absolute atomic E-state index is 10.4. The van der Waals surface area contributed by atoms with E-state index < -0.39 is 0 Å². The Morgan fingerprint density at radius 2 is 2.31 bits per heavy atom. The second-order valence-corrected chi connectivity index (χ2v) is 2.99. The number of nitrogen functional groups attached to an aromatic ring is 1. The number of aromatic nitrogens is 2. The number of H-pyrrole nitrogens is 1. The van der Waals surface area contributed by atoms with Gasteiger partial charge in [-0.15, -0.1) is 4.91 Å². The molecule has 2 rings (SSSR count). The van der Waals surface area contributed by atoms with Gasteiger partial charge in [0.25, 0.3) is 0 Å². The predicted octanol–water partition coefficient (Wildman–Crippen LogP) is 1.81. The third-order valence-corrected chi connectivity index (χ3v) is 2.04. The van der Waals surface area contributed by atoms with E-state index in [1.165, 1.54) is 0 Å². The molecule has 1 aromatic heterocycles. The van der Waals surface area contributed by atoms with Gasteiger partial charge in [-0.05, 0) is 30.4 Å². The molecule has 0 radical (unpaired) electrons. The normalized spacial score (nSPS) is 10.5. The number of hydrogen-bond acceptors (Lipinski definition) is 4. The molecule has 6 heteroatoms. The molecule has 13 heavy (non-hydrogen) atoms. The van der Waals surface area contributed by atoms with Gasteiger partial charge in [0, 0.05) is 5.69 Å². The first kappa shape index (κ1) is 7.93. The van der Waals surface area contributed by atoms with E-state index in [9.17, 15) is 4.91 Å². The molecule has 5 nitrogen and oxygen atoms in total. The predicted molar refractivity (Wildman–Crippen MR) is 52.7 cm³/mol. The van der Waals surface area contributed by atoms with E-state index in [4.69, 9.17) is 18.0 Å².